The number of hydrogen-bond acceptors (Lipinski definition) is 4. The first-order chi connectivity index (χ1) is 14.5. The largest absolute Gasteiger partial charge is 0.384 e. The van der Waals surface area contributed by atoms with Gasteiger partial charge < -0.3 is 10.6 Å². The molecule has 0 fully saturated rings. The second-order valence-corrected chi connectivity index (χ2v) is 7.35. The Morgan fingerprint density at radius 2 is 1.50 bits per heavy atom. The number of aromatic amines is 1. The zero-order valence-corrected chi connectivity index (χ0v) is 17.1. The molecule has 0 unspecified atom stereocenters. The third-order valence-electron chi connectivity index (χ3n) is 4.97. The molecule has 0 saturated heterocycles. The topological polar surface area (TPSA) is 102 Å². The van der Waals surface area contributed by atoms with Crippen molar-refractivity contribution in [2.75, 3.05) is 12.3 Å². The minimum Gasteiger partial charge on any atom is -0.384 e. The van der Waals surface area contributed by atoms with Crippen LogP contribution < -0.4 is 21.9 Å². The van der Waals surface area contributed by atoms with E-state index in [4.69, 9.17) is 5.73 Å². The highest BCUT2D eigenvalue weighted by atomic mass is 16.2. The smallest absolute Gasteiger partial charge is 0.329 e. The summed E-state index contributed by atoms with van der Waals surface area (Å²) in [5, 5.41) is 0. The van der Waals surface area contributed by atoms with Crippen LogP contribution in [0.5, 0.6) is 0 Å². The number of anilines is 1. The second kappa shape index (κ2) is 9.84. The molecule has 0 atom stereocenters. The molecule has 0 saturated carbocycles. The zero-order chi connectivity index (χ0) is 21.5. The van der Waals surface area contributed by atoms with Gasteiger partial charge in [0.05, 0.1) is 0 Å². The normalized spacial score (nSPS) is 11.0. The summed E-state index contributed by atoms with van der Waals surface area (Å²) in [5.74, 6) is -0.435. The zero-order valence-electron chi connectivity index (χ0n) is 17.1. The molecular formula is C23H27N4O3+. The Kier molecular flexibility index (Phi) is 6.98. The summed E-state index contributed by atoms with van der Waals surface area (Å²) >= 11 is 0. The van der Waals surface area contributed by atoms with Gasteiger partial charge in [-0.3, -0.25) is 19.1 Å². The van der Waals surface area contributed by atoms with Crippen LogP contribution >= 0.6 is 0 Å². The van der Waals surface area contributed by atoms with E-state index < -0.39 is 11.2 Å². The summed E-state index contributed by atoms with van der Waals surface area (Å²) in [5.41, 5.74) is 6.79. The van der Waals surface area contributed by atoms with Gasteiger partial charge in [-0.1, -0.05) is 67.6 Å². The Hall–Kier alpha value is -3.45. The molecule has 0 aliphatic rings. The summed E-state index contributed by atoms with van der Waals surface area (Å²) in [6.07, 6.45) is 0.656. The number of quaternary nitrogens is 1. The van der Waals surface area contributed by atoms with Crippen molar-refractivity contribution in [2.45, 2.75) is 33.0 Å². The lowest BCUT2D eigenvalue weighted by atomic mass is 10.1. The lowest BCUT2D eigenvalue weighted by Gasteiger charge is -2.20. The lowest BCUT2D eigenvalue weighted by molar-refractivity contribution is -0.919. The van der Waals surface area contributed by atoms with Gasteiger partial charge >= 0.3 is 5.69 Å². The fourth-order valence-electron chi connectivity index (χ4n) is 3.57. The van der Waals surface area contributed by atoms with E-state index in [2.05, 4.69) is 4.98 Å². The standard InChI is InChI=1S/C23H26N4O3/c1-2-13-27-21(24)20(22(29)25-23(27)30)19(28)16-26(14-17-9-5-3-6-10-17)15-18-11-7-4-8-12-18/h3-12H,2,13-16,24H2,1H3,(H,25,29,30)/p+1. The number of nitrogen functional groups attached to an aromatic ring is 1. The Morgan fingerprint density at radius 3 is 2.00 bits per heavy atom. The molecule has 0 amide bonds. The SMILES string of the molecule is CCCn1c(N)c(C(=O)C[NH+](Cc2ccccc2)Cc2ccccc2)c(=O)[nH]c1=O. The van der Waals surface area contributed by atoms with Crippen LogP contribution in [-0.4, -0.2) is 21.9 Å². The highest BCUT2D eigenvalue weighted by molar-refractivity contribution is 6.00. The number of benzene rings is 2. The van der Waals surface area contributed by atoms with Crippen LogP contribution in [0.3, 0.4) is 0 Å². The molecule has 0 aliphatic carbocycles. The number of ketones is 1. The number of carbonyl (C=O) groups excluding carboxylic acids is 1. The van der Waals surface area contributed by atoms with Crippen molar-refractivity contribution < 1.29 is 9.69 Å². The molecule has 0 aliphatic heterocycles. The van der Waals surface area contributed by atoms with Crippen LogP contribution in [0.2, 0.25) is 0 Å². The van der Waals surface area contributed by atoms with E-state index >= 15 is 0 Å². The van der Waals surface area contributed by atoms with Crippen LogP contribution in [0, 0.1) is 0 Å². The Bertz CT molecular complexity index is 1060. The molecule has 30 heavy (non-hydrogen) atoms. The average molecular weight is 407 g/mol. The van der Waals surface area contributed by atoms with Crippen molar-refractivity contribution in [3.05, 3.63) is 98.2 Å². The molecule has 0 radical (unpaired) electrons. The third-order valence-corrected chi connectivity index (χ3v) is 4.97. The first-order valence-electron chi connectivity index (χ1n) is 10.1. The number of H-pyrrole nitrogens is 1. The third kappa shape index (κ3) is 5.12. The summed E-state index contributed by atoms with van der Waals surface area (Å²) in [6, 6.07) is 19.8. The molecule has 7 nitrogen and oxygen atoms in total. The van der Waals surface area contributed by atoms with Gasteiger partial charge in [0.15, 0.2) is 0 Å². The molecule has 0 bridgehead atoms. The number of nitrogens with one attached hydrogen (secondary N) is 2. The van der Waals surface area contributed by atoms with E-state index in [1.807, 2.05) is 67.6 Å². The Balaban J connectivity index is 1.90. The van der Waals surface area contributed by atoms with Gasteiger partial charge in [0.2, 0.25) is 5.78 Å². The Morgan fingerprint density at radius 1 is 0.967 bits per heavy atom. The number of Topliss-reactive ketones (excluding diaryl/α,β-unsaturated/α-hetero) is 1. The molecular weight excluding hydrogens is 380 g/mol. The minimum atomic E-state index is -0.728. The predicted molar refractivity (Wildman–Crippen MR) is 116 cm³/mol. The van der Waals surface area contributed by atoms with E-state index in [0.29, 0.717) is 26.1 Å². The van der Waals surface area contributed by atoms with Crippen LogP contribution in [0.25, 0.3) is 0 Å². The summed E-state index contributed by atoms with van der Waals surface area (Å²) in [7, 11) is 0. The molecule has 2 aromatic carbocycles. The molecule has 4 N–H and O–H groups in total. The van der Waals surface area contributed by atoms with Crippen molar-refractivity contribution in [3.63, 3.8) is 0 Å². The van der Waals surface area contributed by atoms with Gasteiger partial charge in [0.1, 0.15) is 31.0 Å². The van der Waals surface area contributed by atoms with Gasteiger partial charge in [-0.15, -0.1) is 0 Å². The Labute approximate surface area is 174 Å². The highest BCUT2D eigenvalue weighted by Crippen LogP contribution is 2.06. The number of rotatable bonds is 9. The lowest BCUT2D eigenvalue weighted by Crippen LogP contribution is -3.10. The van der Waals surface area contributed by atoms with Crippen LogP contribution in [0.15, 0.2) is 70.3 Å². The number of aromatic nitrogens is 2. The van der Waals surface area contributed by atoms with Gasteiger partial charge in [-0.25, -0.2) is 4.79 Å². The average Bonchev–Trinajstić information content (AvgIpc) is 2.72. The maximum Gasteiger partial charge on any atom is 0.329 e. The molecule has 0 spiro atoms. The van der Waals surface area contributed by atoms with Crippen molar-refractivity contribution >= 4 is 11.6 Å². The monoisotopic (exact) mass is 407 g/mol. The maximum absolute atomic E-state index is 13.1. The van der Waals surface area contributed by atoms with E-state index in [9.17, 15) is 14.4 Å². The maximum atomic E-state index is 13.1. The number of carbonyl (C=O) groups is 1. The molecule has 1 aromatic heterocycles. The van der Waals surface area contributed by atoms with Crippen LogP contribution in [0.4, 0.5) is 5.82 Å². The molecule has 3 rings (SSSR count). The summed E-state index contributed by atoms with van der Waals surface area (Å²) in [6.45, 7) is 3.56. The van der Waals surface area contributed by atoms with Crippen LogP contribution in [0.1, 0.15) is 34.8 Å². The number of nitrogens with zero attached hydrogens (tertiary/aromatic N) is 1. The van der Waals surface area contributed by atoms with Crippen molar-refractivity contribution in [2.24, 2.45) is 0 Å². The van der Waals surface area contributed by atoms with E-state index in [1.54, 1.807) is 0 Å². The molecule has 3 aromatic rings. The van der Waals surface area contributed by atoms with Gasteiger partial charge in [-0.2, -0.15) is 0 Å². The van der Waals surface area contributed by atoms with Crippen LogP contribution in [-0.2, 0) is 19.6 Å². The summed E-state index contributed by atoms with van der Waals surface area (Å²) in [4.78, 5) is 40.7. The second-order valence-electron chi connectivity index (χ2n) is 7.35. The number of nitrogens with two attached hydrogens (primary N) is 1. The first kappa shape index (κ1) is 21.3. The minimum absolute atomic E-state index is 0.0608. The van der Waals surface area contributed by atoms with E-state index in [0.717, 1.165) is 16.0 Å². The fourth-order valence-corrected chi connectivity index (χ4v) is 3.57. The van der Waals surface area contributed by atoms with Crippen molar-refractivity contribution in [1.82, 2.24) is 9.55 Å². The highest BCUT2D eigenvalue weighted by Gasteiger charge is 2.24. The van der Waals surface area contributed by atoms with E-state index in [-0.39, 0.29) is 23.7 Å². The van der Waals surface area contributed by atoms with Gasteiger partial charge in [0.25, 0.3) is 5.56 Å². The molecule has 1 heterocycles. The molecule has 156 valence electrons. The van der Waals surface area contributed by atoms with Gasteiger partial charge in [0, 0.05) is 17.7 Å². The molecule has 7 heteroatoms. The first-order valence-corrected chi connectivity index (χ1v) is 10.1. The number of hydrogen-bond donors (Lipinski definition) is 3. The fraction of sp³-hybridized carbons (Fsp3) is 0.261. The van der Waals surface area contributed by atoms with Crippen molar-refractivity contribution in [3.8, 4) is 0 Å². The summed E-state index contributed by atoms with van der Waals surface area (Å²) < 4.78 is 1.25. The quantitative estimate of drug-likeness (QED) is 0.461. The van der Waals surface area contributed by atoms with E-state index in [1.165, 1.54) is 4.57 Å². The predicted octanol–water partition coefficient (Wildman–Crippen LogP) is 0.997. The van der Waals surface area contributed by atoms with Crippen molar-refractivity contribution in [1.29, 1.82) is 0 Å². The van der Waals surface area contributed by atoms with Gasteiger partial charge in [-0.05, 0) is 6.42 Å².